The van der Waals surface area contributed by atoms with Crippen molar-refractivity contribution in [3.63, 3.8) is 0 Å². The molecule has 0 spiro atoms. The van der Waals surface area contributed by atoms with Crippen LogP contribution in [0.3, 0.4) is 0 Å². The van der Waals surface area contributed by atoms with Gasteiger partial charge in [0.05, 0.1) is 48.0 Å². The molecule has 0 radical (unpaired) electrons. The smallest absolute Gasteiger partial charge is 0.396 e. The Labute approximate surface area is 302 Å². The first kappa shape index (κ1) is 40.3. The molecule has 2 aliphatic heterocycles. The number of benzene rings is 1. The summed E-state index contributed by atoms with van der Waals surface area (Å²) in [6.07, 6.45) is -4.60. The number of alkyl halides is 9. The molecule has 0 amide bonds. The molecule has 0 atom stereocenters. The Bertz CT molecular complexity index is 1580. The van der Waals surface area contributed by atoms with Gasteiger partial charge in [0.1, 0.15) is 5.82 Å². The van der Waals surface area contributed by atoms with Crippen LogP contribution in [-0.4, -0.2) is 66.1 Å². The monoisotopic (exact) mass is 762 g/mol. The van der Waals surface area contributed by atoms with Gasteiger partial charge < -0.3 is 24.5 Å². The Morgan fingerprint density at radius 1 is 0.698 bits per heavy atom. The van der Waals surface area contributed by atoms with Crippen LogP contribution in [0.15, 0.2) is 42.9 Å². The fraction of sp³-hybridized carbons (Fsp3) is 0.583. The second kappa shape index (κ2) is 17.1. The molecule has 6 rings (SSSR count). The van der Waals surface area contributed by atoms with Gasteiger partial charge in [-0.25, -0.2) is 15.0 Å². The van der Waals surface area contributed by atoms with Gasteiger partial charge in [-0.2, -0.15) is 39.5 Å². The van der Waals surface area contributed by atoms with E-state index in [0.29, 0.717) is 75.9 Å². The highest BCUT2D eigenvalue weighted by Crippen LogP contribution is 2.38. The van der Waals surface area contributed by atoms with Gasteiger partial charge in [-0.05, 0) is 67.3 Å². The fourth-order valence-electron chi connectivity index (χ4n) is 6.70. The third-order valence-electron chi connectivity index (χ3n) is 9.74. The van der Waals surface area contributed by atoms with Crippen LogP contribution in [0.1, 0.15) is 73.3 Å². The largest absolute Gasteiger partial charge is 0.417 e. The molecule has 1 aromatic carbocycles. The summed E-state index contributed by atoms with van der Waals surface area (Å²) >= 11 is 0. The number of aliphatic hydroxyl groups is 1. The van der Waals surface area contributed by atoms with Crippen LogP contribution >= 0.6 is 0 Å². The fourth-order valence-corrected chi connectivity index (χ4v) is 6.70. The highest BCUT2D eigenvalue weighted by Gasteiger charge is 2.37. The van der Waals surface area contributed by atoms with Crippen LogP contribution in [0, 0.1) is 11.8 Å². The number of nitrogens with zero attached hydrogens (tertiary/aromatic N) is 6. The molecule has 4 heterocycles. The Hall–Kier alpha value is -3.86. The first-order valence-electron chi connectivity index (χ1n) is 17.6. The zero-order valence-corrected chi connectivity index (χ0v) is 29.2. The molecule has 3 fully saturated rings. The topological polar surface area (TPSA) is 77.9 Å². The molecule has 17 heteroatoms. The molecule has 1 saturated carbocycles. The second-order valence-electron chi connectivity index (χ2n) is 13.8. The SMILES string of the molecule is CC1CCC(CO)CC1.FC(F)(F)c1cc(CN(Cc2cc(C(F)(F)F)cnc2N2CCCC2)c2ncc(N3CCOCC3)cn2)cc(C(F)(F)F)c1. The number of hydrogen-bond donors (Lipinski definition) is 1. The Balaban J connectivity index is 0.000000526. The number of aliphatic hydroxyl groups excluding tert-OH is 1. The number of rotatable bonds is 8. The summed E-state index contributed by atoms with van der Waals surface area (Å²) in [6, 6.07) is 2.07. The van der Waals surface area contributed by atoms with E-state index in [0.717, 1.165) is 24.8 Å². The predicted octanol–water partition coefficient (Wildman–Crippen LogP) is 8.38. The molecule has 292 valence electrons. The maximum absolute atomic E-state index is 13.7. The van der Waals surface area contributed by atoms with E-state index in [1.54, 1.807) is 4.90 Å². The lowest BCUT2D eigenvalue weighted by Gasteiger charge is -2.29. The van der Waals surface area contributed by atoms with Crippen molar-refractivity contribution >= 4 is 17.5 Å². The van der Waals surface area contributed by atoms with Gasteiger partial charge in [0.15, 0.2) is 0 Å². The van der Waals surface area contributed by atoms with Gasteiger partial charge in [-0.15, -0.1) is 0 Å². The molecule has 0 bridgehead atoms. The van der Waals surface area contributed by atoms with E-state index in [9.17, 15) is 39.5 Å². The number of aromatic nitrogens is 3. The van der Waals surface area contributed by atoms with E-state index >= 15 is 0 Å². The summed E-state index contributed by atoms with van der Waals surface area (Å²) in [5.41, 5.74) is -3.76. The summed E-state index contributed by atoms with van der Waals surface area (Å²) in [7, 11) is 0. The van der Waals surface area contributed by atoms with E-state index in [1.807, 2.05) is 4.90 Å². The number of ether oxygens (including phenoxy) is 1. The maximum Gasteiger partial charge on any atom is 0.417 e. The van der Waals surface area contributed by atoms with Crippen LogP contribution in [0.5, 0.6) is 0 Å². The average molecular weight is 763 g/mol. The zero-order chi connectivity index (χ0) is 38.4. The van der Waals surface area contributed by atoms with Crippen LogP contribution in [0.4, 0.5) is 57.0 Å². The van der Waals surface area contributed by atoms with Crippen molar-refractivity contribution in [3.8, 4) is 0 Å². The Kier molecular flexibility index (Phi) is 13.0. The molecule has 2 saturated heterocycles. The zero-order valence-electron chi connectivity index (χ0n) is 29.2. The molecule has 2 aromatic heterocycles. The average Bonchev–Trinajstić information content (AvgIpc) is 3.66. The minimum atomic E-state index is -5.08. The number of anilines is 3. The van der Waals surface area contributed by atoms with Crippen molar-refractivity contribution in [3.05, 3.63) is 70.7 Å². The summed E-state index contributed by atoms with van der Waals surface area (Å²) in [4.78, 5) is 17.7. The molecular weight excluding hydrogens is 719 g/mol. The molecular formula is C36H43F9N6O2. The number of hydrogen-bond acceptors (Lipinski definition) is 8. The Morgan fingerprint density at radius 3 is 1.79 bits per heavy atom. The van der Waals surface area contributed by atoms with E-state index < -0.39 is 41.8 Å². The third kappa shape index (κ3) is 11.1. The van der Waals surface area contributed by atoms with Crippen molar-refractivity contribution in [1.82, 2.24) is 15.0 Å². The lowest BCUT2D eigenvalue weighted by Crippen LogP contribution is -2.36. The van der Waals surface area contributed by atoms with Gasteiger partial charge in [-0.1, -0.05) is 19.8 Å². The molecule has 1 N–H and O–H groups in total. The summed E-state index contributed by atoms with van der Waals surface area (Å²) in [5.74, 6) is 1.68. The highest BCUT2D eigenvalue weighted by molar-refractivity contribution is 5.52. The quantitative estimate of drug-likeness (QED) is 0.230. The van der Waals surface area contributed by atoms with Gasteiger partial charge in [0.2, 0.25) is 5.95 Å². The normalized spacial score (nSPS) is 19.9. The van der Waals surface area contributed by atoms with Crippen molar-refractivity contribution in [2.75, 3.05) is 60.7 Å². The number of halogens is 9. The Morgan fingerprint density at radius 2 is 1.26 bits per heavy atom. The number of morpholine rings is 1. The van der Waals surface area contributed by atoms with Crippen molar-refractivity contribution in [2.24, 2.45) is 11.8 Å². The van der Waals surface area contributed by atoms with E-state index in [1.165, 1.54) is 43.0 Å². The maximum atomic E-state index is 13.7. The van der Waals surface area contributed by atoms with Crippen molar-refractivity contribution in [2.45, 2.75) is 77.1 Å². The van der Waals surface area contributed by atoms with Gasteiger partial charge in [0, 0.05) is 57.6 Å². The van der Waals surface area contributed by atoms with Crippen LogP contribution in [0.25, 0.3) is 0 Å². The molecule has 8 nitrogen and oxygen atoms in total. The van der Waals surface area contributed by atoms with E-state index in [4.69, 9.17) is 9.84 Å². The van der Waals surface area contributed by atoms with Gasteiger partial charge in [-0.3, -0.25) is 0 Å². The van der Waals surface area contributed by atoms with Gasteiger partial charge in [0.25, 0.3) is 0 Å². The second-order valence-corrected chi connectivity index (χ2v) is 13.8. The molecule has 53 heavy (non-hydrogen) atoms. The predicted molar refractivity (Wildman–Crippen MR) is 180 cm³/mol. The minimum Gasteiger partial charge on any atom is -0.396 e. The summed E-state index contributed by atoms with van der Waals surface area (Å²) in [6.45, 7) is 4.84. The van der Waals surface area contributed by atoms with E-state index in [-0.39, 0.29) is 35.5 Å². The third-order valence-corrected chi connectivity index (χ3v) is 9.74. The highest BCUT2D eigenvalue weighted by atomic mass is 19.4. The summed E-state index contributed by atoms with van der Waals surface area (Å²) in [5, 5.41) is 8.78. The van der Waals surface area contributed by atoms with Crippen LogP contribution < -0.4 is 14.7 Å². The van der Waals surface area contributed by atoms with Crippen LogP contribution in [-0.2, 0) is 36.4 Å². The van der Waals surface area contributed by atoms with Crippen LogP contribution in [0.2, 0.25) is 0 Å². The van der Waals surface area contributed by atoms with Crippen molar-refractivity contribution < 1.29 is 49.4 Å². The van der Waals surface area contributed by atoms with Gasteiger partial charge >= 0.3 is 18.5 Å². The number of pyridine rings is 1. The van der Waals surface area contributed by atoms with Crippen molar-refractivity contribution in [1.29, 1.82) is 0 Å². The minimum absolute atomic E-state index is 0.0175. The van der Waals surface area contributed by atoms with E-state index in [2.05, 4.69) is 21.9 Å². The lowest BCUT2D eigenvalue weighted by atomic mass is 9.84. The standard InChI is InChI=1S/C28H27F9N6O.C8H16O/c29-26(30,31)20-9-18(10-21(12-20)27(32,33)34)16-43(25-39-14-23(15-40-25)41-5-7-44-8-6-41)17-19-11-22(28(35,36)37)13-38-24(19)42-3-1-2-4-42;1-7-2-4-8(6-9)5-3-7/h9-15H,1-8,16-17H2;7-9H,2-6H2,1H3. The first-order chi connectivity index (χ1) is 25.0. The molecule has 1 aliphatic carbocycles. The molecule has 3 aromatic rings. The first-order valence-corrected chi connectivity index (χ1v) is 17.6. The molecule has 0 unspecified atom stereocenters. The summed E-state index contributed by atoms with van der Waals surface area (Å²) < 4.78 is 128. The lowest BCUT2D eigenvalue weighted by molar-refractivity contribution is -0.143. The molecule has 3 aliphatic rings.